The monoisotopic (exact) mass is 527 g/mol. The zero-order chi connectivity index (χ0) is 25.8. The third-order valence-corrected chi connectivity index (χ3v) is 7.29. The van der Waals surface area contributed by atoms with E-state index in [4.69, 9.17) is 23.2 Å². The second-order valence-corrected chi connectivity index (χ2v) is 11.3. The molecule has 2 aromatic rings. The van der Waals surface area contributed by atoms with E-state index in [9.17, 15) is 18.0 Å². The van der Waals surface area contributed by atoms with Crippen LogP contribution in [0.4, 0.5) is 5.69 Å². The summed E-state index contributed by atoms with van der Waals surface area (Å²) < 4.78 is 26.3. The fourth-order valence-corrected chi connectivity index (χ4v) is 4.69. The molecule has 0 spiro atoms. The molecule has 7 nitrogen and oxygen atoms in total. The maximum Gasteiger partial charge on any atom is 0.244 e. The van der Waals surface area contributed by atoms with Gasteiger partial charge in [0.05, 0.1) is 11.9 Å². The zero-order valence-corrected chi connectivity index (χ0v) is 22.6. The molecule has 0 aliphatic heterocycles. The van der Waals surface area contributed by atoms with Gasteiger partial charge in [0.25, 0.3) is 0 Å². The van der Waals surface area contributed by atoms with Gasteiger partial charge in [-0.15, -0.1) is 0 Å². The quantitative estimate of drug-likeness (QED) is 0.526. The molecule has 0 aromatic heterocycles. The van der Waals surface area contributed by atoms with Gasteiger partial charge in [0, 0.05) is 28.2 Å². The van der Waals surface area contributed by atoms with Gasteiger partial charge in [-0.25, -0.2) is 8.42 Å². The van der Waals surface area contributed by atoms with Crippen molar-refractivity contribution in [3.63, 3.8) is 0 Å². The SMILES string of the molecule is Cc1ccc(N(CC(=O)N(Cc2c(Cl)cccc2Cl)[C@@H](C)C(=O)NC(C)C)S(C)(=O)=O)cc1C. The molecule has 0 saturated heterocycles. The van der Waals surface area contributed by atoms with Crippen LogP contribution in [0.25, 0.3) is 0 Å². The maximum absolute atomic E-state index is 13.5. The van der Waals surface area contributed by atoms with Crippen LogP contribution < -0.4 is 9.62 Å². The molecule has 0 fully saturated rings. The minimum atomic E-state index is -3.80. The number of carbonyl (C=O) groups excluding carboxylic acids is 2. The molecule has 0 unspecified atom stereocenters. The molecule has 0 aliphatic rings. The highest BCUT2D eigenvalue weighted by atomic mass is 35.5. The fraction of sp³-hybridized carbons (Fsp3) is 0.417. The van der Waals surface area contributed by atoms with Gasteiger partial charge in [0.15, 0.2) is 0 Å². The van der Waals surface area contributed by atoms with Gasteiger partial charge in [-0.1, -0.05) is 35.3 Å². The molecule has 186 valence electrons. The summed E-state index contributed by atoms with van der Waals surface area (Å²) >= 11 is 12.6. The smallest absolute Gasteiger partial charge is 0.244 e. The fourth-order valence-electron chi connectivity index (χ4n) is 3.34. The van der Waals surface area contributed by atoms with Crippen molar-refractivity contribution >= 4 is 50.7 Å². The lowest BCUT2D eigenvalue weighted by Gasteiger charge is -2.32. The third kappa shape index (κ3) is 7.10. The molecule has 2 aromatic carbocycles. The zero-order valence-electron chi connectivity index (χ0n) is 20.2. The van der Waals surface area contributed by atoms with E-state index in [0.29, 0.717) is 21.3 Å². The average Bonchev–Trinajstić information content (AvgIpc) is 2.72. The highest BCUT2D eigenvalue weighted by molar-refractivity contribution is 7.92. The average molecular weight is 529 g/mol. The predicted octanol–water partition coefficient (Wildman–Crippen LogP) is 4.32. The largest absolute Gasteiger partial charge is 0.352 e. The molecule has 1 N–H and O–H groups in total. The van der Waals surface area contributed by atoms with E-state index >= 15 is 0 Å². The summed E-state index contributed by atoms with van der Waals surface area (Å²) in [7, 11) is -3.80. The maximum atomic E-state index is 13.5. The number of anilines is 1. The second kappa shape index (κ2) is 11.4. The lowest BCUT2D eigenvalue weighted by atomic mass is 10.1. The lowest BCUT2D eigenvalue weighted by molar-refractivity contribution is -0.139. The van der Waals surface area contributed by atoms with Crippen LogP contribution in [0, 0.1) is 13.8 Å². The van der Waals surface area contributed by atoms with Crippen molar-refractivity contribution in [3.05, 3.63) is 63.1 Å². The van der Waals surface area contributed by atoms with E-state index in [1.54, 1.807) is 43.3 Å². The highest BCUT2D eigenvalue weighted by Crippen LogP contribution is 2.27. The molecule has 1 atom stereocenters. The third-order valence-electron chi connectivity index (χ3n) is 5.45. The molecule has 34 heavy (non-hydrogen) atoms. The van der Waals surface area contributed by atoms with Crippen LogP contribution in [-0.2, 0) is 26.2 Å². The van der Waals surface area contributed by atoms with Gasteiger partial charge in [-0.05, 0) is 70.0 Å². The molecule has 10 heteroatoms. The van der Waals surface area contributed by atoms with Gasteiger partial charge in [0.1, 0.15) is 12.6 Å². The normalized spacial score (nSPS) is 12.4. The van der Waals surface area contributed by atoms with Crippen molar-refractivity contribution in [2.45, 2.75) is 53.2 Å². The lowest BCUT2D eigenvalue weighted by Crippen LogP contribution is -2.52. The number of carbonyl (C=O) groups is 2. The summed E-state index contributed by atoms with van der Waals surface area (Å²) in [6, 6.07) is 9.09. The van der Waals surface area contributed by atoms with Gasteiger partial charge in [-0.2, -0.15) is 0 Å². The summed E-state index contributed by atoms with van der Waals surface area (Å²) in [4.78, 5) is 27.6. The molecule has 0 saturated carbocycles. The Bertz CT molecular complexity index is 1150. The van der Waals surface area contributed by atoms with Crippen LogP contribution in [0.15, 0.2) is 36.4 Å². The Hall–Kier alpha value is -2.29. The molecule has 0 aliphatic carbocycles. The van der Waals surface area contributed by atoms with Crippen LogP contribution in [0.2, 0.25) is 10.0 Å². The van der Waals surface area contributed by atoms with Crippen molar-refractivity contribution in [1.82, 2.24) is 10.2 Å². The summed E-state index contributed by atoms with van der Waals surface area (Å²) in [5.74, 6) is -0.936. The summed E-state index contributed by atoms with van der Waals surface area (Å²) in [5, 5.41) is 3.48. The number of hydrogen-bond donors (Lipinski definition) is 1. The first kappa shape index (κ1) is 28.0. The van der Waals surface area contributed by atoms with Crippen molar-refractivity contribution in [3.8, 4) is 0 Å². The molecule has 2 rings (SSSR count). The number of rotatable bonds is 9. The standard InChI is InChI=1S/C24H31Cl2N3O4S/c1-15(2)27-24(31)18(5)28(13-20-21(25)8-7-9-22(20)26)23(30)14-29(34(6,32)33)19-11-10-16(3)17(4)12-19/h7-12,15,18H,13-14H2,1-6H3,(H,27,31)/t18-/m0/s1. The first-order valence-corrected chi connectivity index (χ1v) is 13.4. The van der Waals surface area contributed by atoms with E-state index in [1.165, 1.54) is 4.90 Å². The molecule has 0 bridgehead atoms. The minimum Gasteiger partial charge on any atom is -0.352 e. The molecular formula is C24H31Cl2N3O4S. The molecular weight excluding hydrogens is 497 g/mol. The summed E-state index contributed by atoms with van der Waals surface area (Å²) in [5.41, 5.74) is 2.73. The topological polar surface area (TPSA) is 86.8 Å². The van der Waals surface area contributed by atoms with E-state index in [2.05, 4.69) is 5.32 Å². The van der Waals surface area contributed by atoms with E-state index in [-0.39, 0.29) is 18.5 Å². The first-order valence-electron chi connectivity index (χ1n) is 10.8. The van der Waals surface area contributed by atoms with Crippen LogP contribution in [0.5, 0.6) is 0 Å². The van der Waals surface area contributed by atoms with Crippen molar-refractivity contribution < 1.29 is 18.0 Å². The van der Waals surface area contributed by atoms with Gasteiger partial charge >= 0.3 is 0 Å². The number of nitrogens with zero attached hydrogens (tertiary/aromatic N) is 2. The molecule has 2 amide bonds. The summed E-state index contributed by atoms with van der Waals surface area (Å²) in [6.45, 7) is 8.45. The van der Waals surface area contributed by atoms with Crippen LogP contribution in [-0.4, -0.2) is 50.0 Å². The minimum absolute atomic E-state index is 0.0610. The van der Waals surface area contributed by atoms with Crippen LogP contribution in [0.1, 0.15) is 37.5 Å². The number of halogens is 2. The van der Waals surface area contributed by atoms with Crippen LogP contribution >= 0.6 is 23.2 Å². The number of aryl methyl sites for hydroxylation is 2. The van der Waals surface area contributed by atoms with E-state index in [1.807, 2.05) is 27.7 Å². The Morgan fingerprint density at radius 3 is 2.09 bits per heavy atom. The Morgan fingerprint density at radius 2 is 1.59 bits per heavy atom. The Kier molecular flexibility index (Phi) is 9.39. The molecule has 0 heterocycles. The predicted molar refractivity (Wildman–Crippen MR) is 138 cm³/mol. The molecule has 0 radical (unpaired) electrons. The number of sulfonamides is 1. The number of benzene rings is 2. The number of amides is 2. The second-order valence-electron chi connectivity index (χ2n) is 8.60. The van der Waals surface area contributed by atoms with E-state index < -0.39 is 28.5 Å². The first-order chi connectivity index (χ1) is 15.7. The van der Waals surface area contributed by atoms with Crippen molar-refractivity contribution in [2.75, 3.05) is 17.1 Å². The van der Waals surface area contributed by atoms with Crippen LogP contribution in [0.3, 0.4) is 0 Å². The van der Waals surface area contributed by atoms with Gasteiger partial charge in [0.2, 0.25) is 21.8 Å². The Balaban J connectivity index is 2.47. The Labute approximate surface area is 212 Å². The van der Waals surface area contributed by atoms with Crippen molar-refractivity contribution in [1.29, 1.82) is 0 Å². The number of nitrogens with one attached hydrogen (secondary N) is 1. The van der Waals surface area contributed by atoms with Gasteiger partial charge in [-0.3, -0.25) is 13.9 Å². The Morgan fingerprint density at radius 1 is 1.00 bits per heavy atom. The highest BCUT2D eigenvalue weighted by Gasteiger charge is 2.31. The van der Waals surface area contributed by atoms with E-state index in [0.717, 1.165) is 21.7 Å². The van der Waals surface area contributed by atoms with Crippen molar-refractivity contribution in [2.24, 2.45) is 0 Å². The van der Waals surface area contributed by atoms with Gasteiger partial charge < -0.3 is 10.2 Å². The summed E-state index contributed by atoms with van der Waals surface area (Å²) in [6.07, 6.45) is 1.04. The number of hydrogen-bond acceptors (Lipinski definition) is 4.